The largest absolute Gasteiger partial charge is 0.479 e. The van der Waals surface area contributed by atoms with Crippen LogP contribution in [0.2, 0.25) is 0 Å². The highest BCUT2D eigenvalue weighted by atomic mass is 16.4. The fraction of sp³-hybridized carbons (Fsp3) is 0.500. The lowest BCUT2D eigenvalue weighted by atomic mass is 10.2. The smallest absolute Gasteiger partial charge is 0.332 e. The maximum absolute atomic E-state index is 9.92. The van der Waals surface area contributed by atoms with Crippen molar-refractivity contribution in [3.05, 3.63) is 12.2 Å². The summed E-state index contributed by atoms with van der Waals surface area (Å²) in [7, 11) is 0. The van der Waals surface area contributed by atoms with E-state index in [1.54, 1.807) is 19.1 Å². The molecule has 1 unspecified atom stereocenters. The first-order chi connectivity index (χ1) is 4.18. The first-order valence-corrected chi connectivity index (χ1v) is 2.70. The van der Waals surface area contributed by atoms with Gasteiger partial charge in [-0.05, 0) is 6.92 Å². The number of hydrogen-bond donors (Lipinski definition) is 2. The molecule has 0 rings (SSSR count). The predicted molar refractivity (Wildman–Crippen MR) is 33.1 cm³/mol. The number of carboxylic acids is 1. The number of allylic oxidation sites excluding steroid dienone is 1. The number of aliphatic carboxylic acids is 1. The van der Waals surface area contributed by atoms with Gasteiger partial charge in [-0.3, -0.25) is 0 Å². The summed E-state index contributed by atoms with van der Waals surface area (Å²) in [5.41, 5.74) is 0. The summed E-state index contributed by atoms with van der Waals surface area (Å²) in [6.45, 7) is 1.77. The lowest BCUT2D eigenvalue weighted by Gasteiger charge is -1.97. The third-order valence-electron chi connectivity index (χ3n) is 0.880. The fourth-order valence-electron chi connectivity index (χ4n) is 0.366. The van der Waals surface area contributed by atoms with E-state index in [-0.39, 0.29) is 6.42 Å². The van der Waals surface area contributed by atoms with Crippen LogP contribution in [0.5, 0.6) is 0 Å². The third-order valence-corrected chi connectivity index (χ3v) is 0.880. The van der Waals surface area contributed by atoms with Crippen LogP contribution in [-0.4, -0.2) is 22.3 Å². The van der Waals surface area contributed by atoms with Crippen LogP contribution >= 0.6 is 0 Å². The van der Waals surface area contributed by atoms with Crippen molar-refractivity contribution in [3.8, 4) is 0 Å². The Kier molecular flexibility index (Phi) is 3.71. The Hall–Kier alpha value is -0.830. The van der Waals surface area contributed by atoms with Crippen LogP contribution in [0.15, 0.2) is 12.2 Å². The van der Waals surface area contributed by atoms with Gasteiger partial charge in [0.1, 0.15) is 0 Å². The molecule has 0 aliphatic rings. The van der Waals surface area contributed by atoms with E-state index in [4.69, 9.17) is 10.2 Å². The van der Waals surface area contributed by atoms with Crippen LogP contribution in [0, 0.1) is 0 Å². The normalized spacial score (nSPS) is 14.0. The van der Waals surface area contributed by atoms with Crippen molar-refractivity contribution in [2.45, 2.75) is 19.4 Å². The SMILES string of the molecule is CC=CCC(O)C(=O)O. The first kappa shape index (κ1) is 8.17. The highest BCUT2D eigenvalue weighted by molar-refractivity contribution is 5.72. The minimum atomic E-state index is -1.25. The summed E-state index contributed by atoms with van der Waals surface area (Å²) < 4.78 is 0. The quantitative estimate of drug-likeness (QED) is 0.543. The molecular formula is C6H10O3. The van der Waals surface area contributed by atoms with Gasteiger partial charge in [0.25, 0.3) is 0 Å². The number of rotatable bonds is 3. The number of aliphatic hydroxyl groups excluding tert-OH is 1. The molecule has 0 radical (unpaired) electrons. The van der Waals surface area contributed by atoms with Gasteiger partial charge in [-0.25, -0.2) is 4.79 Å². The average Bonchev–Trinajstić information content (AvgIpc) is 1.82. The number of hydrogen-bond acceptors (Lipinski definition) is 2. The molecule has 0 aromatic heterocycles. The van der Waals surface area contributed by atoms with Crippen molar-refractivity contribution in [2.75, 3.05) is 0 Å². The van der Waals surface area contributed by atoms with Crippen molar-refractivity contribution in [3.63, 3.8) is 0 Å². The van der Waals surface area contributed by atoms with Crippen LogP contribution in [0.1, 0.15) is 13.3 Å². The molecule has 0 amide bonds. The molecule has 0 saturated heterocycles. The van der Waals surface area contributed by atoms with Crippen molar-refractivity contribution in [1.82, 2.24) is 0 Å². The van der Waals surface area contributed by atoms with Gasteiger partial charge >= 0.3 is 5.97 Å². The van der Waals surface area contributed by atoms with E-state index in [1.165, 1.54) is 0 Å². The molecule has 0 spiro atoms. The molecule has 0 saturated carbocycles. The van der Waals surface area contributed by atoms with E-state index >= 15 is 0 Å². The van der Waals surface area contributed by atoms with Crippen LogP contribution in [0.4, 0.5) is 0 Å². The molecule has 9 heavy (non-hydrogen) atoms. The highest BCUT2D eigenvalue weighted by Gasteiger charge is 2.08. The van der Waals surface area contributed by atoms with Crippen LogP contribution in [0.25, 0.3) is 0 Å². The second-order valence-corrected chi connectivity index (χ2v) is 1.66. The standard InChI is InChI=1S/C6H10O3/c1-2-3-4-5(7)6(8)9/h2-3,5,7H,4H2,1H3,(H,8,9). The predicted octanol–water partition coefficient (Wildman–Crippen LogP) is 0.398. The van der Waals surface area contributed by atoms with E-state index in [0.29, 0.717) is 0 Å². The van der Waals surface area contributed by atoms with Gasteiger partial charge in [0.15, 0.2) is 6.10 Å². The maximum Gasteiger partial charge on any atom is 0.332 e. The Morgan fingerprint density at radius 2 is 2.33 bits per heavy atom. The lowest BCUT2D eigenvalue weighted by Crippen LogP contribution is -2.17. The lowest BCUT2D eigenvalue weighted by molar-refractivity contribution is -0.146. The zero-order valence-electron chi connectivity index (χ0n) is 5.24. The van der Waals surface area contributed by atoms with Crippen LogP contribution < -0.4 is 0 Å². The van der Waals surface area contributed by atoms with E-state index in [0.717, 1.165) is 0 Å². The second-order valence-electron chi connectivity index (χ2n) is 1.66. The van der Waals surface area contributed by atoms with Gasteiger partial charge in [-0.15, -0.1) is 0 Å². The molecule has 0 aliphatic heterocycles. The van der Waals surface area contributed by atoms with Gasteiger partial charge in [-0.1, -0.05) is 12.2 Å². The zero-order chi connectivity index (χ0) is 7.28. The molecule has 0 aromatic carbocycles. The molecule has 0 bridgehead atoms. The molecule has 3 nitrogen and oxygen atoms in total. The van der Waals surface area contributed by atoms with Crippen LogP contribution in [0.3, 0.4) is 0 Å². The van der Waals surface area contributed by atoms with Gasteiger partial charge in [-0.2, -0.15) is 0 Å². The van der Waals surface area contributed by atoms with E-state index < -0.39 is 12.1 Å². The van der Waals surface area contributed by atoms with Gasteiger partial charge < -0.3 is 10.2 Å². The summed E-state index contributed by atoms with van der Waals surface area (Å²) in [5, 5.41) is 16.7. The monoisotopic (exact) mass is 130 g/mol. The molecule has 0 heterocycles. The number of aliphatic hydroxyl groups is 1. The van der Waals surface area contributed by atoms with E-state index in [1.807, 2.05) is 0 Å². The first-order valence-electron chi connectivity index (χ1n) is 2.70. The minimum Gasteiger partial charge on any atom is -0.479 e. The topological polar surface area (TPSA) is 57.5 Å². The summed E-state index contributed by atoms with van der Waals surface area (Å²) in [5.74, 6) is -1.17. The van der Waals surface area contributed by atoms with Crippen molar-refractivity contribution in [1.29, 1.82) is 0 Å². The summed E-state index contributed by atoms with van der Waals surface area (Å²) in [4.78, 5) is 9.92. The average molecular weight is 130 g/mol. The van der Waals surface area contributed by atoms with Gasteiger partial charge in [0.2, 0.25) is 0 Å². The third kappa shape index (κ3) is 3.73. The van der Waals surface area contributed by atoms with Crippen LogP contribution in [-0.2, 0) is 4.79 Å². The molecule has 0 aromatic rings. The Bertz CT molecular complexity index is 117. The Labute approximate surface area is 53.6 Å². The molecule has 0 aliphatic carbocycles. The number of carbonyl (C=O) groups is 1. The second kappa shape index (κ2) is 4.09. The zero-order valence-corrected chi connectivity index (χ0v) is 5.24. The number of carboxylic acid groups (broad SMARTS) is 1. The van der Waals surface area contributed by atoms with Gasteiger partial charge in [0, 0.05) is 6.42 Å². The Morgan fingerprint density at radius 3 is 2.67 bits per heavy atom. The minimum absolute atomic E-state index is 0.186. The summed E-state index contributed by atoms with van der Waals surface area (Å²) >= 11 is 0. The Morgan fingerprint density at radius 1 is 1.78 bits per heavy atom. The summed E-state index contributed by atoms with van der Waals surface area (Å²) in [6.07, 6.45) is 2.25. The molecule has 2 N–H and O–H groups in total. The van der Waals surface area contributed by atoms with E-state index in [9.17, 15) is 4.79 Å². The van der Waals surface area contributed by atoms with Gasteiger partial charge in [0.05, 0.1) is 0 Å². The maximum atomic E-state index is 9.92. The summed E-state index contributed by atoms with van der Waals surface area (Å²) in [6, 6.07) is 0. The molecule has 52 valence electrons. The highest BCUT2D eigenvalue weighted by Crippen LogP contribution is 1.91. The Balaban J connectivity index is 3.50. The van der Waals surface area contributed by atoms with Crippen molar-refractivity contribution >= 4 is 5.97 Å². The van der Waals surface area contributed by atoms with Crippen molar-refractivity contribution < 1.29 is 15.0 Å². The fourth-order valence-corrected chi connectivity index (χ4v) is 0.366. The molecular weight excluding hydrogens is 120 g/mol. The molecule has 0 fully saturated rings. The molecule has 3 heteroatoms. The van der Waals surface area contributed by atoms with E-state index in [2.05, 4.69) is 0 Å². The van der Waals surface area contributed by atoms with Crippen molar-refractivity contribution in [2.24, 2.45) is 0 Å². The molecule has 1 atom stereocenters.